The Morgan fingerprint density at radius 3 is 2.69 bits per heavy atom. The van der Waals surface area contributed by atoms with Crippen LogP contribution in [0.2, 0.25) is 10.0 Å². The van der Waals surface area contributed by atoms with Crippen LogP contribution in [0.25, 0.3) is 0 Å². The normalized spacial score (nSPS) is 20.1. The zero-order valence-electron chi connectivity index (χ0n) is 9.44. The molecule has 0 spiro atoms. The molecule has 0 unspecified atom stereocenters. The first-order valence-electron chi connectivity index (χ1n) is 5.42. The Hall–Kier alpha value is -0.440. The zero-order valence-corrected chi connectivity index (χ0v) is 11.0. The van der Waals surface area contributed by atoms with Gasteiger partial charge >= 0.3 is 0 Å². The van der Waals surface area contributed by atoms with Crippen LogP contribution in [0.5, 0.6) is 5.75 Å². The SMILES string of the molecule is Cc1cc(O[C@H]2CCNC2)c(Cl)c(C)c1Cl. The highest BCUT2D eigenvalue weighted by molar-refractivity contribution is 6.37. The summed E-state index contributed by atoms with van der Waals surface area (Å²) in [6.45, 7) is 5.77. The Kier molecular flexibility index (Phi) is 3.63. The third-order valence-corrected chi connectivity index (χ3v) is 3.93. The monoisotopic (exact) mass is 259 g/mol. The quantitative estimate of drug-likeness (QED) is 0.880. The minimum Gasteiger partial charge on any atom is -0.487 e. The summed E-state index contributed by atoms with van der Waals surface area (Å²) in [7, 11) is 0. The van der Waals surface area contributed by atoms with E-state index in [4.69, 9.17) is 27.9 Å². The van der Waals surface area contributed by atoms with Crippen LogP contribution in [-0.4, -0.2) is 19.2 Å². The lowest BCUT2D eigenvalue weighted by Crippen LogP contribution is -2.19. The van der Waals surface area contributed by atoms with Crippen LogP contribution in [0, 0.1) is 13.8 Å². The summed E-state index contributed by atoms with van der Waals surface area (Å²) in [6, 6.07) is 1.91. The van der Waals surface area contributed by atoms with Crippen molar-refractivity contribution in [2.24, 2.45) is 0 Å². The number of ether oxygens (including phenoxy) is 1. The number of hydrogen-bond acceptors (Lipinski definition) is 2. The maximum Gasteiger partial charge on any atom is 0.139 e. The molecule has 1 N–H and O–H groups in total. The molecule has 0 aliphatic carbocycles. The Bertz CT molecular complexity index is 400. The van der Waals surface area contributed by atoms with Crippen molar-refractivity contribution < 1.29 is 4.74 Å². The highest BCUT2D eigenvalue weighted by Gasteiger charge is 2.19. The summed E-state index contributed by atoms with van der Waals surface area (Å²) < 4.78 is 5.87. The molecular weight excluding hydrogens is 245 g/mol. The van der Waals surface area contributed by atoms with E-state index in [9.17, 15) is 0 Å². The second-order valence-corrected chi connectivity index (χ2v) is 4.93. The van der Waals surface area contributed by atoms with Gasteiger partial charge in [0.25, 0.3) is 0 Å². The number of aryl methyl sites for hydroxylation is 1. The van der Waals surface area contributed by atoms with Gasteiger partial charge in [0.15, 0.2) is 0 Å². The number of hydrogen-bond donors (Lipinski definition) is 1. The highest BCUT2D eigenvalue weighted by Crippen LogP contribution is 2.36. The minimum absolute atomic E-state index is 0.220. The van der Waals surface area contributed by atoms with Crippen LogP contribution in [0.3, 0.4) is 0 Å². The summed E-state index contributed by atoms with van der Waals surface area (Å²) >= 11 is 12.3. The molecule has 1 aromatic rings. The smallest absolute Gasteiger partial charge is 0.139 e. The number of halogens is 2. The molecule has 2 nitrogen and oxygen atoms in total. The fourth-order valence-corrected chi connectivity index (χ4v) is 2.29. The first-order chi connectivity index (χ1) is 7.59. The molecule has 1 fully saturated rings. The topological polar surface area (TPSA) is 21.3 Å². The van der Waals surface area contributed by atoms with E-state index in [1.165, 1.54) is 0 Å². The summed E-state index contributed by atoms with van der Waals surface area (Å²) in [4.78, 5) is 0. The Morgan fingerprint density at radius 2 is 2.06 bits per heavy atom. The van der Waals surface area contributed by atoms with Crippen LogP contribution >= 0.6 is 23.2 Å². The zero-order chi connectivity index (χ0) is 11.7. The third kappa shape index (κ3) is 2.29. The predicted octanol–water partition coefficient (Wildman–Crippen LogP) is 3.35. The Balaban J connectivity index is 2.26. The van der Waals surface area contributed by atoms with Crippen molar-refractivity contribution >= 4 is 23.2 Å². The molecule has 1 aromatic carbocycles. The molecular formula is C12H15Cl2NO. The third-order valence-electron chi connectivity index (χ3n) is 2.88. The summed E-state index contributed by atoms with van der Waals surface area (Å²) in [5.74, 6) is 0.745. The molecule has 88 valence electrons. The van der Waals surface area contributed by atoms with Gasteiger partial charge in [-0.1, -0.05) is 23.2 Å². The fourth-order valence-electron chi connectivity index (χ4n) is 1.89. The van der Waals surface area contributed by atoms with E-state index in [0.717, 1.165) is 41.4 Å². The van der Waals surface area contributed by atoms with Crippen LogP contribution in [0.1, 0.15) is 17.5 Å². The first kappa shape index (κ1) is 12.0. The minimum atomic E-state index is 0.220. The van der Waals surface area contributed by atoms with Crippen molar-refractivity contribution in [1.29, 1.82) is 0 Å². The molecule has 1 atom stereocenters. The van der Waals surface area contributed by atoms with Gasteiger partial charge in [-0.3, -0.25) is 0 Å². The Morgan fingerprint density at radius 1 is 1.31 bits per heavy atom. The summed E-state index contributed by atoms with van der Waals surface area (Å²) in [5.41, 5.74) is 1.90. The maximum absolute atomic E-state index is 6.22. The van der Waals surface area contributed by atoms with E-state index >= 15 is 0 Å². The molecule has 0 bridgehead atoms. The van der Waals surface area contributed by atoms with Crippen LogP contribution in [0.15, 0.2) is 6.07 Å². The molecule has 0 radical (unpaired) electrons. The first-order valence-corrected chi connectivity index (χ1v) is 6.17. The number of nitrogens with one attached hydrogen (secondary N) is 1. The van der Waals surface area contributed by atoms with E-state index in [0.29, 0.717) is 5.02 Å². The van der Waals surface area contributed by atoms with Crippen molar-refractivity contribution in [2.45, 2.75) is 26.4 Å². The predicted molar refractivity (Wildman–Crippen MR) is 67.8 cm³/mol. The number of rotatable bonds is 2. The molecule has 0 saturated carbocycles. The van der Waals surface area contributed by atoms with Crippen molar-refractivity contribution in [2.75, 3.05) is 13.1 Å². The molecule has 0 aromatic heterocycles. The maximum atomic E-state index is 6.22. The van der Waals surface area contributed by atoms with Crippen LogP contribution < -0.4 is 10.1 Å². The van der Waals surface area contributed by atoms with Gasteiger partial charge in [-0.2, -0.15) is 0 Å². The van der Waals surface area contributed by atoms with E-state index in [1.807, 2.05) is 19.9 Å². The van der Waals surface area contributed by atoms with Gasteiger partial charge in [0.1, 0.15) is 11.9 Å². The van der Waals surface area contributed by atoms with Crippen molar-refractivity contribution in [3.63, 3.8) is 0 Å². The van der Waals surface area contributed by atoms with Crippen LogP contribution in [0.4, 0.5) is 0 Å². The van der Waals surface area contributed by atoms with Gasteiger partial charge in [0, 0.05) is 11.6 Å². The van der Waals surface area contributed by atoms with Gasteiger partial charge in [-0.05, 0) is 44.0 Å². The lowest BCUT2D eigenvalue weighted by molar-refractivity contribution is 0.223. The van der Waals surface area contributed by atoms with Gasteiger partial charge < -0.3 is 10.1 Å². The van der Waals surface area contributed by atoms with Crippen molar-refractivity contribution in [1.82, 2.24) is 5.32 Å². The summed E-state index contributed by atoms with van der Waals surface area (Å²) in [5, 5.41) is 4.61. The molecule has 4 heteroatoms. The van der Waals surface area contributed by atoms with E-state index in [1.54, 1.807) is 0 Å². The van der Waals surface area contributed by atoms with Crippen molar-refractivity contribution in [3.8, 4) is 5.75 Å². The standard InChI is InChI=1S/C12H15Cl2NO/c1-7-5-10(12(14)8(2)11(7)13)16-9-3-4-15-6-9/h5,9,15H,3-4,6H2,1-2H3/t9-/m0/s1. The number of benzene rings is 1. The molecule has 1 saturated heterocycles. The fraction of sp³-hybridized carbons (Fsp3) is 0.500. The second-order valence-electron chi connectivity index (χ2n) is 4.18. The average molecular weight is 260 g/mol. The van der Waals surface area contributed by atoms with Crippen molar-refractivity contribution in [3.05, 3.63) is 27.2 Å². The van der Waals surface area contributed by atoms with Crippen LogP contribution in [-0.2, 0) is 0 Å². The van der Waals surface area contributed by atoms with Gasteiger partial charge in [-0.15, -0.1) is 0 Å². The van der Waals surface area contributed by atoms with Gasteiger partial charge in [-0.25, -0.2) is 0 Å². The van der Waals surface area contributed by atoms with Gasteiger partial charge in [0.2, 0.25) is 0 Å². The largest absolute Gasteiger partial charge is 0.487 e. The van der Waals surface area contributed by atoms with E-state index in [2.05, 4.69) is 5.32 Å². The average Bonchev–Trinajstić information content (AvgIpc) is 2.76. The summed E-state index contributed by atoms with van der Waals surface area (Å²) in [6.07, 6.45) is 1.24. The molecule has 0 amide bonds. The van der Waals surface area contributed by atoms with E-state index < -0.39 is 0 Å². The van der Waals surface area contributed by atoms with E-state index in [-0.39, 0.29) is 6.10 Å². The lowest BCUT2D eigenvalue weighted by Gasteiger charge is -2.16. The molecule has 16 heavy (non-hydrogen) atoms. The molecule has 1 aliphatic rings. The molecule has 1 heterocycles. The Labute approximate surface area is 106 Å². The molecule has 1 aliphatic heterocycles. The highest BCUT2D eigenvalue weighted by atomic mass is 35.5. The lowest BCUT2D eigenvalue weighted by atomic mass is 10.1. The van der Waals surface area contributed by atoms with Gasteiger partial charge in [0.05, 0.1) is 5.02 Å². The molecule has 2 rings (SSSR count). The second kappa shape index (κ2) is 4.82.